The molecule has 1 amide bonds. The van der Waals surface area contributed by atoms with Crippen molar-refractivity contribution in [2.24, 2.45) is 0 Å². The van der Waals surface area contributed by atoms with Crippen LogP contribution >= 0.6 is 0 Å². The predicted molar refractivity (Wildman–Crippen MR) is 74.9 cm³/mol. The average molecular weight is 294 g/mol. The zero-order valence-electron chi connectivity index (χ0n) is 10.9. The number of para-hydroxylation sites is 2. The van der Waals surface area contributed by atoms with E-state index < -0.39 is 12.1 Å². The second kappa shape index (κ2) is 6.30. The lowest BCUT2D eigenvalue weighted by molar-refractivity contribution is -0.167. The molecule has 0 atom stereocenters. The van der Waals surface area contributed by atoms with E-state index in [4.69, 9.17) is 0 Å². The van der Waals surface area contributed by atoms with E-state index in [9.17, 15) is 18.0 Å². The number of benzene rings is 2. The van der Waals surface area contributed by atoms with Gasteiger partial charge in [0.2, 0.25) is 0 Å². The molecule has 0 aromatic heterocycles. The standard InChI is InChI=1S/C15H13F3N2O/c16-15(17,18)14(21)20-13-9-5-4-6-11(13)10-19-12-7-2-1-3-8-12/h1-9,19H,10H2,(H,20,21). The van der Waals surface area contributed by atoms with E-state index in [0.717, 1.165) is 5.69 Å². The van der Waals surface area contributed by atoms with Gasteiger partial charge in [0.05, 0.1) is 0 Å². The van der Waals surface area contributed by atoms with Crippen molar-refractivity contribution < 1.29 is 18.0 Å². The number of carbonyl (C=O) groups excluding carboxylic acids is 1. The van der Waals surface area contributed by atoms with Crippen LogP contribution in [0.25, 0.3) is 0 Å². The summed E-state index contributed by atoms with van der Waals surface area (Å²) in [6, 6.07) is 15.6. The molecule has 0 heterocycles. The minimum Gasteiger partial charge on any atom is -0.381 e. The zero-order valence-corrected chi connectivity index (χ0v) is 10.9. The Morgan fingerprint density at radius 3 is 2.24 bits per heavy atom. The number of carbonyl (C=O) groups is 1. The lowest BCUT2D eigenvalue weighted by atomic mass is 10.1. The molecule has 0 aliphatic heterocycles. The first-order chi connectivity index (χ1) is 9.97. The minimum absolute atomic E-state index is 0.142. The molecular weight excluding hydrogens is 281 g/mol. The van der Waals surface area contributed by atoms with E-state index in [1.165, 1.54) is 6.07 Å². The summed E-state index contributed by atoms with van der Waals surface area (Å²) in [5.41, 5.74) is 1.55. The van der Waals surface area contributed by atoms with Crippen LogP contribution in [0.4, 0.5) is 24.5 Å². The van der Waals surface area contributed by atoms with E-state index in [0.29, 0.717) is 12.1 Å². The summed E-state index contributed by atoms with van der Waals surface area (Å²) in [6.45, 7) is 0.304. The Balaban J connectivity index is 2.08. The van der Waals surface area contributed by atoms with Crippen molar-refractivity contribution in [1.29, 1.82) is 0 Å². The van der Waals surface area contributed by atoms with Crippen molar-refractivity contribution >= 4 is 17.3 Å². The number of anilines is 2. The van der Waals surface area contributed by atoms with Gasteiger partial charge in [-0.05, 0) is 23.8 Å². The number of hydrogen-bond acceptors (Lipinski definition) is 2. The maximum absolute atomic E-state index is 12.3. The largest absolute Gasteiger partial charge is 0.471 e. The van der Waals surface area contributed by atoms with Crippen LogP contribution < -0.4 is 10.6 Å². The van der Waals surface area contributed by atoms with Crippen molar-refractivity contribution in [3.8, 4) is 0 Å². The van der Waals surface area contributed by atoms with Crippen molar-refractivity contribution in [3.05, 3.63) is 60.2 Å². The third-order valence-corrected chi connectivity index (χ3v) is 2.78. The Hall–Kier alpha value is -2.50. The predicted octanol–water partition coefficient (Wildman–Crippen LogP) is 3.80. The number of nitrogens with one attached hydrogen (secondary N) is 2. The highest BCUT2D eigenvalue weighted by molar-refractivity contribution is 5.95. The maximum atomic E-state index is 12.3. The van der Waals surface area contributed by atoms with Gasteiger partial charge < -0.3 is 10.6 Å². The minimum atomic E-state index is -4.90. The molecule has 0 saturated carbocycles. The first-order valence-electron chi connectivity index (χ1n) is 6.22. The summed E-state index contributed by atoms with van der Waals surface area (Å²) in [7, 11) is 0. The second-order valence-electron chi connectivity index (χ2n) is 4.33. The van der Waals surface area contributed by atoms with Crippen LogP contribution in [0.15, 0.2) is 54.6 Å². The quantitative estimate of drug-likeness (QED) is 0.900. The number of amides is 1. The van der Waals surface area contributed by atoms with Gasteiger partial charge in [-0.2, -0.15) is 13.2 Å². The number of hydrogen-bond donors (Lipinski definition) is 2. The molecule has 21 heavy (non-hydrogen) atoms. The van der Waals surface area contributed by atoms with Crippen LogP contribution in [0, 0.1) is 0 Å². The topological polar surface area (TPSA) is 41.1 Å². The molecule has 2 rings (SSSR count). The Bertz CT molecular complexity index is 612. The summed E-state index contributed by atoms with van der Waals surface area (Å²) in [6.07, 6.45) is -4.90. The summed E-state index contributed by atoms with van der Waals surface area (Å²) >= 11 is 0. The molecule has 6 heteroatoms. The van der Waals surface area contributed by atoms with Gasteiger partial charge in [-0.15, -0.1) is 0 Å². The lowest BCUT2D eigenvalue weighted by Gasteiger charge is -2.13. The first kappa shape index (κ1) is 14.9. The highest BCUT2D eigenvalue weighted by Crippen LogP contribution is 2.21. The summed E-state index contributed by atoms with van der Waals surface area (Å²) in [5.74, 6) is -1.98. The van der Waals surface area contributed by atoms with Crippen LogP contribution in [-0.4, -0.2) is 12.1 Å². The molecule has 2 N–H and O–H groups in total. The second-order valence-corrected chi connectivity index (χ2v) is 4.33. The number of halogens is 3. The average Bonchev–Trinajstić information content (AvgIpc) is 2.46. The fraction of sp³-hybridized carbons (Fsp3) is 0.133. The molecule has 0 fully saturated rings. The molecule has 0 saturated heterocycles. The highest BCUT2D eigenvalue weighted by atomic mass is 19.4. The van der Waals surface area contributed by atoms with Gasteiger partial charge in [0.15, 0.2) is 0 Å². The van der Waals surface area contributed by atoms with Gasteiger partial charge in [-0.25, -0.2) is 0 Å². The summed E-state index contributed by atoms with van der Waals surface area (Å²) < 4.78 is 36.9. The molecular formula is C15H13F3N2O. The molecule has 3 nitrogen and oxygen atoms in total. The van der Waals surface area contributed by atoms with Gasteiger partial charge in [-0.1, -0.05) is 36.4 Å². The first-order valence-corrected chi connectivity index (χ1v) is 6.22. The van der Waals surface area contributed by atoms with E-state index in [-0.39, 0.29) is 5.69 Å². The molecule has 0 aliphatic rings. The van der Waals surface area contributed by atoms with E-state index in [1.807, 2.05) is 35.6 Å². The van der Waals surface area contributed by atoms with E-state index in [2.05, 4.69) is 5.32 Å². The normalized spacial score (nSPS) is 11.0. The SMILES string of the molecule is O=C(Nc1ccccc1CNc1ccccc1)C(F)(F)F. The number of rotatable bonds is 4. The lowest BCUT2D eigenvalue weighted by Crippen LogP contribution is -2.30. The van der Waals surface area contributed by atoms with Crippen LogP contribution in [0.3, 0.4) is 0 Å². The summed E-state index contributed by atoms with van der Waals surface area (Å²) in [4.78, 5) is 11.0. The van der Waals surface area contributed by atoms with Crippen LogP contribution in [0.1, 0.15) is 5.56 Å². The molecule has 0 spiro atoms. The molecule has 2 aromatic rings. The maximum Gasteiger partial charge on any atom is 0.471 e. The van der Waals surface area contributed by atoms with Gasteiger partial charge >= 0.3 is 12.1 Å². The van der Waals surface area contributed by atoms with Gasteiger partial charge in [-0.3, -0.25) is 4.79 Å². The monoisotopic (exact) mass is 294 g/mol. The fourth-order valence-corrected chi connectivity index (χ4v) is 1.74. The van der Waals surface area contributed by atoms with Crippen LogP contribution in [-0.2, 0) is 11.3 Å². The van der Waals surface area contributed by atoms with Crippen LogP contribution in [0.2, 0.25) is 0 Å². The van der Waals surface area contributed by atoms with Crippen molar-refractivity contribution in [2.75, 3.05) is 10.6 Å². The molecule has 2 aromatic carbocycles. The number of alkyl halides is 3. The Labute approximate surface area is 119 Å². The zero-order chi connectivity index (χ0) is 15.3. The van der Waals surface area contributed by atoms with Crippen molar-refractivity contribution in [1.82, 2.24) is 0 Å². The van der Waals surface area contributed by atoms with Crippen molar-refractivity contribution in [3.63, 3.8) is 0 Å². The van der Waals surface area contributed by atoms with Crippen LogP contribution in [0.5, 0.6) is 0 Å². The summed E-state index contributed by atoms with van der Waals surface area (Å²) in [5, 5.41) is 4.96. The van der Waals surface area contributed by atoms with E-state index in [1.54, 1.807) is 18.2 Å². The molecule has 0 bridgehead atoms. The third kappa shape index (κ3) is 4.24. The van der Waals surface area contributed by atoms with Crippen molar-refractivity contribution in [2.45, 2.75) is 12.7 Å². The Kier molecular flexibility index (Phi) is 4.47. The Morgan fingerprint density at radius 2 is 1.57 bits per heavy atom. The van der Waals surface area contributed by atoms with Gasteiger partial charge in [0.25, 0.3) is 0 Å². The highest BCUT2D eigenvalue weighted by Gasteiger charge is 2.38. The van der Waals surface area contributed by atoms with E-state index >= 15 is 0 Å². The van der Waals surface area contributed by atoms with Gasteiger partial charge in [0, 0.05) is 17.9 Å². The van der Waals surface area contributed by atoms with Gasteiger partial charge in [0.1, 0.15) is 0 Å². The Morgan fingerprint density at radius 1 is 0.952 bits per heavy atom. The third-order valence-electron chi connectivity index (χ3n) is 2.78. The molecule has 0 unspecified atom stereocenters. The smallest absolute Gasteiger partial charge is 0.381 e. The molecule has 0 radical (unpaired) electrons. The fourth-order valence-electron chi connectivity index (χ4n) is 1.74. The molecule has 0 aliphatic carbocycles. The molecule has 110 valence electrons.